The van der Waals surface area contributed by atoms with E-state index in [2.05, 4.69) is 5.32 Å². The number of nitrogens with one attached hydrogen (secondary N) is 1. The summed E-state index contributed by atoms with van der Waals surface area (Å²) in [5.74, 6) is -1.39. The number of rotatable bonds is 7. The van der Waals surface area contributed by atoms with Crippen molar-refractivity contribution in [1.82, 2.24) is 10.2 Å². The van der Waals surface area contributed by atoms with Crippen LogP contribution in [-0.2, 0) is 32.0 Å². The Morgan fingerprint density at radius 1 is 1.12 bits per heavy atom. The van der Waals surface area contributed by atoms with E-state index in [1.54, 1.807) is 35.2 Å². The van der Waals surface area contributed by atoms with Crippen LogP contribution in [0.3, 0.4) is 0 Å². The van der Waals surface area contributed by atoms with Crippen molar-refractivity contribution < 1.29 is 28.8 Å². The quantitative estimate of drug-likeness (QED) is 0.282. The third-order valence-electron chi connectivity index (χ3n) is 6.20. The minimum absolute atomic E-state index is 0.0128. The molecule has 2 aliphatic rings. The first kappa shape index (κ1) is 23.3. The van der Waals surface area contributed by atoms with Crippen molar-refractivity contribution in [3.05, 3.63) is 69.8 Å². The van der Waals surface area contributed by atoms with Gasteiger partial charge in [0.1, 0.15) is 5.41 Å². The second-order valence-electron chi connectivity index (χ2n) is 8.25. The number of imide groups is 2. The van der Waals surface area contributed by atoms with Crippen molar-refractivity contribution in [3.8, 4) is 0 Å². The van der Waals surface area contributed by atoms with E-state index in [-0.39, 0.29) is 31.7 Å². The van der Waals surface area contributed by atoms with Gasteiger partial charge in [0.15, 0.2) is 6.29 Å². The van der Waals surface area contributed by atoms with Crippen LogP contribution in [-0.4, -0.2) is 61.3 Å². The van der Waals surface area contributed by atoms with Crippen LogP contribution in [0.15, 0.2) is 48.5 Å². The van der Waals surface area contributed by atoms with Gasteiger partial charge in [-0.1, -0.05) is 30.3 Å². The van der Waals surface area contributed by atoms with E-state index in [1.807, 2.05) is 6.07 Å². The molecular weight excluding hydrogens is 444 g/mol. The topological polar surface area (TPSA) is 131 Å². The van der Waals surface area contributed by atoms with Crippen molar-refractivity contribution in [1.29, 1.82) is 0 Å². The Morgan fingerprint density at radius 3 is 2.47 bits per heavy atom. The Labute approximate surface area is 195 Å². The van der Waals surface area contributed by atoms with Crippen LogP contribution in [0.1, 0.15) is 11.1 Å². The molecule has 178 valence electrons. The maximum absolute atomic E-state index is 13.7. The summed E-state index contributed by atoms with van der Waals surface area (Å²) in [6.07, 6.45) is -0.768. The average Bonchev–Trinajstić information content (AvgIpc) is 2.84. The molecule has 4 amide bonds. The first-order valence-corrected chi connectivity index (χ1v) is 10.6. The molecular formula is C23H24N4O7. The zero-order valence-corrected chi connectivity index (χ0v) is 18.7. The number of benzene rings is 2. The highest BCUT2D eigenvalue weighted by molar-refractivity contribution is 6.20. The largest absolute Gasteiger partial charge is 0.365 e. The van der Waals surface area contributed by atoms with Gasteiger partial charge in [-0.25, -0.2) is 4.79 Å². The van der Waals surface area contributed by atoms with Gasteiger partial charge in [0.25, 0.3) is 5.69 Å². The van der Waals surface area contributed by atoms with Crippen LogP contribution < -0.4 is 10.2 Å². The fourth-order valence-corrected chi connectivity index (χ4v) is 4.45. The molecule has 0 saturated carbocycles. The maximum Gasteiger partial charge on any atom is 0.331 e. The molecule has 34 heavy (non-hydrogen) atoms. The van der Waals surface area contributed by atoms with Crippen LogP contribution in [0.25, 0.3) is 0 Å². The summed E-state index contributed by atoms with van der Waals surface area (Å²) in [7, 11) is 2.92. The van der Waals surface area contributed by atoms with E-state index in [9.17, 15) is 24.5 Å². The highest BCUT2D eigenvalue weighted by Crippen LogP contribution is 2.41. The summed E-state index contributed by atoms with van der Waals surface area (Å²) in [6, 6.07) is 12.5. The number of nitrogens with zero attached hydrogens (tertiary/aromatic N) is 3. The number of non-ortho nitro benzene ring substituents is 1. The standard InChI is InChI=1S/C23H24N4O7/c1-33-19(34-2)13-25-14-23(11-16-10-17(27(31)32)8-9-18(16)25)20(28)24-22(30)26(21(23)29)12-15-6-4-3-5-7-15/h3-10,19H,11-14H2,1-2H3,(H,24,28,30)/t23-/m0/s1. The molecule has 0 bridgehead atoms. The van der Waals surface area contributed by atoms with E-state index in [4.69, 9.17) is 9.47 Å². The first-order valence-electron chi connectivity index (χ1n) is 10.6. The Kier molecular flexibility index (Phi) is 6.31. The number of nitro benzene ring substituents is 1. The highest BCUT2D eigenvalue weighted by Gasteiger charge is 2.57. The van der Waals surface area contributed by atoms with Gasteiger partial charge in [-0.05, 0) is 23.6 Å². The third-order valence-corrected chi connectivity index (χ3v) is 6.20. The molecule has 4 rings (SSSR count). The molecule has 0 aromatic heterocycles. The fraction of sp³-hybridized carbons (Fsp3) is 0.348. The summed E-state index contributed by atoms with van der Waals surface area (Å²) >= 11 is 0. The van der Waals surface area contributed by atoms with Crippen molar-refractivity contribution in [2.24, 2.45) is 5.41 Å². The van der Waals surface area contributed by atoms with Crippen LogP contribution >= 0.6 is 0 Å². The van der Waals surface area contributed by atoms with E-state index < -0.39 is 34.5 Å². The monoisotopic (exact) mass is 468 g/mol. The van der Waals surface area contributed by atoms with Crippen LogP contribution in [0.5, 0.6) is 0 Å². The van der Waals surface area contributed by atoms with Crippen LogP contribution in [0.4, 0.5) is 16.2 Å². The second-order valence-corrected chi connectivity index (χ2v) is 8.25. The molecule has 11 nitrogen and oxygen atoms in total. The van der Waals surface area contributed by atoms with Crippen molar-refractivity contribution in [2.45, 2.75) is 19.3 Å². The lowest BCUT2D eigenvalue weighted by Gasteiger charge is -2.46. The normalized spacial score (nSPS) is 20.0. The minimum Gasteiger partial charge on any atom is -0.365 e. The molecule has 1 spiro atoms. The number of fused-ring (bicyclic) bond motifs is 1. The molecule has 1 N–H and O–H groups in total. The number of methoxy groups -OCH3 is 2. The number of urea groups is 1. The van der Waals surface area contributed by atoms with E-state index in [1.165, 1.54) is 26.4 Å². The lowest BCUT2D eigenvalue weighted by molar-refractivity contribution is -0.384. The molecule has 0 unspecified atom stereocenters. The SMILES string of the molecule is COC(CN1C[C@@]2(Cc3cc([N+](=O)[O-])ccc31)C(=O)NC(=O)N(Cc1ccccc1)C2=O)OC. The Hall–Kier alpha value is -3.83. The molecule has 2 aliphatic heterocycles. The van der Waals surface area contributed by atoms with Crippen LogP contribution in [0, 0.1) is 15.5 Å². The molecule has 1 saturated heterocycles. The van der Waals surface area contributed by atoms with E-state index >= 15 is 0 Å². The van der Waals surface area contributed by atoms with Gasteiger partial charge in [0.05, 0.1) is 18.0 Å². The van der Waals surface area contributed by atoms with Gasteiger partial charge in [-0.2, -0.15) is 0 Å². The average molecular weight is 468 g/mol. The predicted octanol–water partition coefficient (Wildman–Crippen LogP) is 1.84. The summed E-state index contributed by atoms with van der Waals surface area (Å²) in [5, 5.41) is 13.7. The molecule has 2 heterocycles. The highest BCUT2D eigenvalue weighted by atomic mass is 16.7. The zero-order valence-electron chi connectivity index (χ0n) is 18.7. The third kappa shape index (κ3) is 4.11. The summed E-state index contributed by atoms with van der Waals surface area (Å²) in [4.78, 5) is 53.1. The molecule has 0 aliphatic carbocycles. The molecule has 2 aromatic carbocycles. The number of ether oxygens (including phenoxy) is 2. The molecule has 11 heteroatoms. The molecule has 1 fully saturated rings. The Balaban J connectivity index is 1.76. The number of anilines is 1. The number of carbonyl (C=O) groups excluding carboxylic acids is 3. The van der Waals surface area contributed by atoms with E-state index in [0.717, 1.165) is 10.5 Å². The summed E-state index contributed by atoms with van der Waals surface area (Å²) < 4.78 is 10.6. The van der Waals surface area contributed by atoms with E-state index in [0.29, 0.717) is 11.3 Å². The summed E-state index contributed by atoms with van der Waals surface area (Å²) in [6.45, 7) is 0.0954. The first-order chi connectivity index (χ1) is 16.3. The fourth-order valence-electron chi connectivity index (χ4n) is 4.45. The van der Waals surface area contributed by atoms with Crippen molar-refractivity contribution in [2.75, 3.05) is 32.2 Å². The van der Waals surface area contributed by atoms with Crippen molar-refractivity contribution in [3.63, 3.8) is 0 Å². The smallest absolute Gasteiger partial charge is 0.331 e. The second kappa shape index (κ2) is 9.20. The number of carbonyl (C=O) groups is 3. The predicted molar refractivity (Wildman–Crippen MR) is 120 cm³/mol. The Bertz CT molecular complexity index is 1140. The number of hydrogen-bond acceptors (Lipinski definition) is 8. The van der Waals surface area contributed by atoms with Gasteiger partial charge in [-0.3, -0.25) is 29.9 Å². The van der Waals surface area contributed by atoms with Gasteiger partial charge < -0.3 is 14.4 Å². The molecule has 0 radical (unpaired) electrons. The minimum atomic E-state index is -1.66. The number of amides is 4. The van der Waals surface area contributed by atoms with Crippen LogP contribution in [0.2, 0.25) is 0 Å². The lowest BCUT2D eigenvalue weighted by atomic mass is 9.74. The van der Waals surface area contributed by atoms with Gasteiger partial charge in [-0.15, -0.1) is 0 Å². The van der Waals surface area contributed by atoms with Gasteiger partial charge >= 0.3 is 6.03 Å². The lowest BCUT2D eigenvalue weighted by Crippen LogP contribution is -2.68. The molecule has 1 atom stereocenters. The number of barbiturate groups is 1. The maximum atomic E-state index is 13.7. The Morgan fingerprint density at radius 2 is 1.82 bits per heavy atom. The van der Waals surface area contributed by atoms with Crippen molar-refractivity contribution >= 4 is 29.2 Å². The number of nitro groups is 1. The van der Waals surface area contributed by atoms with Gasteiger partial charge in [0, 0.05) is 38.6 Å². The zero-order chi connectivity index (χ0) is 24.5. The number of hydrogen-bond donors (Lipinski definition) is 1. The molecule has 2 aromatic rings. The summed E-state index contributed by atoms with van der Waals surface area (Å²) in [5.41, 5.74) is -0.0206. The van der Waals surface area contributed by atoms with Gasteiger partial charge in [0.2, 0.25) is 11.8 Å².